The Morgan fingerprint density at radius 2 is 1.77 bits per heavy atom. The fourth-order valence-corrected chi connectivity index (χ4v) is 4.31. The van der Waals surface area contributed by atoms with Crippen molar-refractivity contribution < 1.29 is 9.59 Å². The summed E-state index contributed by atoms with van der Waals surface area (Å²) < 4.78 is 0. The summed E-state index contributed by atoms with van der Waals surface area (Å²) in [7, 11) is 0. The van der Waals surface area contributed by atoms with Crippen molar-refractivity contribution in [1.29, 1.82) is 0 Å². The maximum atomic E-state index is 12.8. The Hall–Kier alpha value is -2.86. The summed E-state index contributed by atoms with van der Waals surface area (Å²) >= 11 is 0. The summed E-state index contributed by atoms with van der Waals surface area (Å²) in [6.07, 6.45) is 3.23. The van der Waals surface area contributed by atoms with Crippen molar-refractivity contribution in [3.05, 3.63) is 65.2 Å². The maximum Gasteiger partial charge on any atom is 0.256 e. The molecule has 0 bridgehead atoms. The molecule has 1 unspecified atom stereocenters. The first kappa shape index (κ1) is 20.4. The number of rotatable bonds is 8. The molecular weight excluding hydrogens is 376 g/mol. The number of nitrogens with one attached hydrogen (secondary N) is 2. The molecule has 1 atom stereocenters. The van der Waals surface area contributed by atoms with Gasteiger partial charge in [-0.1, -0.05) is 25.1 Å². The number of amides is 2. The summed E-state index contributed by atoms with van der Waals surface area (Å²) in [6.45, 7) is 6.63. The molecule has 0 aromatic heterocycles. The van der Waals surface area contributed by atoms with Crippen molar-refractivity contribution in [1.82, 2.24) is 15.1 Å². The lowest BCUT2D eigenvalue weighted by atomic mass is 10.1. The summed E-state index contributed by atoms with van der Waals surface area (Å²) in [5, 5.41) is 6.48. The molecule has 0 aliphatic carbocycles. The van der Waals surface area contributed by atoms with Crippen LogP contribution in [-0.4, -0.2) is 54.3 Å². The standard InChI is InChI=1S/C24H30N4O2/c1-2-14-28-22(20-7-3-4-8-21(20)24(28)30)26-19-11-9-18(10-12-19)23(29)25-13-17-27-15-5-6-16-27/h3-4,7-12,22,26H,2,5-6,13-17H2,1H3,(H,25,29). The first-order chi connectivity index (χ1) is 14.7. The zero-order valence-corrected chi connectivity index (χ0v) is 17.6. The highest BCUT2D eigenvalue weighted by atomic mass is 16.2. The molecule has 2 aromatic carbocycles. The predicted molar refractivity (Wildman–Crippen MR) is 119 cm³/mol. The molecule has 1 saturated heterocycles. The van der Waals surface area contributed by atoms with E-state index in [-0.39, 0.29) is 18.0 Å². The van der Waals surface area contributed by atoms with Crippen molar-refractivity contribution in [3.63, 3.8) is 0 Å². The normalized spacial score (nSPS) is 18.5. The Morgan fingerprint density at radius 3 is 2.50 bits per heavy atom. The molecule has 6 nitrogen and oxygen atoms in total. The molecule has 158 valence electrons. The number of carbonyl (C=O) groups is 2. The van der Waals surface area contributed by atoms with E-state index in [4.69, 9.17) is 0 Å². The van der Waals surface area contributed by atoms with Gasteiger partial charge in [0.05, 0.1) is 0 Å². The fourth-order valence-electron chi connectivity index (χ4n) is 4.31. The number of fused-ring (bicyclic) bond motifs is 1. The Kier molecular flexibility index (Phi) is 6.33. The van der Waals surface area contributed by atoms with Crippen LogP contribution in [0.1, 0.15) is 58.6 Å². The van der Waals surface area contributed by atoms with E-state index in [1.54, 1.807) is 0 Å². The van der Waals surface area contributed by atoms with E-state index >= 15 is 0 Å². The lowest BCUT2D eigenvalue weighted by Crippen LogP contribution is -2.33. The second-order valence-corrected chi connectivity index (χ2v) is 8.01. The Labute approximate surface area is 178 Å². The third-order valence-electron chi connectivity index (χ3n) is 5.89. The van der Waals surface area contributed by atoms with E-state index in [2.05, 4.69) is 22.5 Å². The van der Waals surface area contributed by atoms with Crippen LogP contribution < -0.4 is 10.6 Å². The topological polar surface area (TPSA) is 64.7 Å². The van der Waals surface area contributed by atoms with Gasteiger partial charge >= 0.3 is 0 Å². The van der Waals surface area contributed by atoms with Gasteiger partial charge in [-0.15, -0.1) is 0 Å². The summed E-state index contributed by atoms with van der Waals surface area (Å²) in [6, 6.07) is 15.2. The zero-order valence-electron chi connectivity index (χ0n) is 17.6. The highest BCUT2D eigenvalue weighted by Crippen LogP contribution is 2.34. The molecule has 1 fully saturated rings. The number of anilines is 1. The van der Waals surface area contributed by atoms with E-state index < -0.39 is 0 Å². The van der Waals surface area contributed by atoms with Gasteiger partial charge in [0.25, 0.3) is 11.8 Å². The van der Waals surface area contributed by atoms with Gasteiger partial charge in [0.15, 0.2) is 0 Å². The minimum Gasteiger partial charge on any atom is -0.361 e. The van der Waals surface area contributed by atoms with Gasteiger partial charge in [0.1, 0.15) is 6.17 Å². The van der Waals surface area contributed by atoms with Crippen LogP contribution in [0.3, 0.4) is 0 Å². The van der Waals surface area contributed by atoms with Crippen molar-refractivity contribution in [2.45, 2.75) is 32.4 Å². The average molecular weight is 407 g/mol. The number of hydrogen-bond acceptors (Lipinski definition) is 4. The number of likely N-dealkylation sites (tertiary alicyclic amines) is 1. The van der Waals surface area contributed by atoms with E-state index in [0.29, 0.717) is 18.7 Å². The van der Waals surface area contributed by atoms with Crippen LogP contribution in [0, 0.1) is 0 Å². The quantitative estimate of drug-likeness (QED) is 0.704. The molecule has 2 amide bonds. The van der Waals surface area contributed by atoms with Crippen molar-refractivity contribution in [2.24, 2.45) is 0 Å². The van der Waals surface area contributed by atoms with Crippen LogP contribution in [0.5, 0.6) is 0 Å². The summed E-state index contributed by atoms with van der Waals surface area (Å²) in [5.41, 5.74) is 3.30. The first-order valence-electron chi connectivity index (χ1n) is 10.9. The molecular formula is C24H30N4O2. The summed E-state index contributed by atoms with van der Waals surface area (Å²) in [4.78, 5) is 29.4. The molecule has 2 aliphatic heterocycles. The zero-order chi connectivity index (χ0) is 20.9. The van der Waals surface area contributed by atoms with Gasteiger partial charge in [0.2, 0.25) is 0 Å². The second-order valence-electron chi connectivity index (χ2n) is 8.01. The average Bonchev–Trinajstić information content (AvgIpc) is 3.37. The van der Waals surface area contributed by atoms with Gasteiger partial charge in [-0.05, 0) is 62.7 Å². The Morgan fingerprint density at radius 1 is 1.03 bits per heavy atom. The third-order valence-corrected chi connectivity index (χ3v) is 5.89. The third kappa shape index (κ3) is 4.33. The van der Waals surface area contributed by atoms with Crippen molar-refractivity contribution in [2.75, 3.05) is 38.0 Å². The lowest BCUT2D eigenvalue weighted by molar-refractivity contribution is 0.0743. The van der Waals surface area contributed by atoms with Crippen LogP contribution in [0.4, 0.5) is 5.69 Å². The molecule has 0 radical (unpaired) electrons. The van der Waals surface area contributed by atoms with E-state index in [9.17, 15) is 9.59 Å². The maximum absolute atomic E-state index is 12.8. The molecule has 4 rings (SSSR count). The van der Waals surface area contributed by atoms with Crippen molar-refractivity contribution >= 4 is 17.5 Å². The summed E-state index contributed by atoms with van der Waals surface area (Å²) in [5.74, 6) is 0.0219. The van der Waals surface area contributed by atoms with Gasteiger partial charge in [-0.3, -0.25) is 9.59 Å². The fraction of sp³-hybridized carbons (Fsp3) is 0.417. The second kappa shape index (κ2) is 9.30. The minimum atomic E-state index is -0.186. The molecule has 0 saturated carbocycles. The van der Waals surface area contributed by atoms with Crippen LogP contribution >= 0.6 is 0 Å². The van der Waals surface area contributed by atoms with Crippen LogP contribution in [-0.2, 0) is 0 Å². The Bertz CT molecular complexity index is 890. The van der Waals surface area contributed by atoms with Gasteiger partial charge in [0, 0.05) is 42.0 Å². The smallest absolute Gasteiger partial charge is 0.256 e. The molecule has 0 spiro atoms. The molecule has 6 heteroatoms. The predicted octanol–water partition coefficient (Wildman–Crippen LogP) is 3.49. The monoisotopic (exact) mass is 406 g/mol. The first-order valence-corrected chi connectivity index (χ1v) is 10.9. The molecule has 2 aromatic rings. The van der Waals surface area contributed by atoms with E-state index in [0.717, 1.165) is 42.9 Å². The van der Waals surface area contributed by atoms with Gasteiger partial charge < -0.3 is 20.4 Å². The van der Waals surface area contributed by atoms with Gasteiger partial charge in [-0.25, -0.2) is 0 Å². The van der Waals surface area contributed by atoms with Crippen LogP contribution in [0.2, 0.25) is 0 Å². The molecule has 2 N–H and O–H groups in total. The van der Waals surface area contributed by atoms with E-state index in [1.165, 1.54) is 12.8 Å². The molecule has 2 aliphatic rings. The number of nitrogens with zero attached hydrogens (tertiary/aromatic N) is 2. The van der Waals surface area contributed by atoms with E-state index in [1.807, 2.05) is 53.4 Å². The number of hydrogen-bond donors (Lipinski definition) is 2. The van der Waals surface area contributed by atoms with Crippen molar-refractivity contribution in [3.8, 4) is 0 Å². The Balaban J connectivity index is 1.38. The highest BCUT2D eigenvalue weighted by Gasteiger charge is 2.35. The largest absolute Gasteiger partial charge is 0.361 e. The number of benzene rings is 2. The van der Waals surface area contributed by atoms with Crippen LogP contribution in [0.15, 0.2) is 48.5 Å². The molecule has 30 heavy (non-hydrogen) atoms. The number of carbonyl (C=O) groups excluding carboxylic acids is 2. The highest BCUT2D eigenvalue weighted by molar-refractivity contribution is 5.99. The lowest BCUT2D eigenvalue weighted by Gasteiger charge is -2.26. The van der Waals surface area contributed by atoms with Gasteiger partial charge in [-0.2, -0.15) is 0 Å². The van der Waals surface area contributed by atoms with Crippen LogP contribution in [0.25, 0.3) is 0 Å². The molecule has 2 heterocycles. The SMILES string of the molecule is CCCN1C(=O)c2ccccc2C1Nc1ccc(C(=O)NCCN2CCCC2)cc1. The minimum absolute atomic E-state index is 0.0465.